The first kappa shape index (κ1) is 17.9. The van der Waals surface area contributed by atoms with Crippen LogP contribution in [0.1, 0.15) is 12.5 Å². The minimum Gasteiger partial charge on any atom is -0.480 e. The van der Waals surface area contributed by atoms with Crippen molar-refractivity contribution in [1.82, 2.24) is 4.72 Å². The van der Waals surface area contributed by atoms with Crippen molar-refractivity contribution in [2.45, 2.75) is 23.6 Å². The number of halogens is 1. The Hall–Kier alpha value is -1.16. The van der Waals surface area contributed by atoms with E-state index in [1.165, 1.54) is 12.1 Å². The van der Waals surface area contributed by atoms with Crippen LogP contribution in [0.4, 0.5) is 0 Å². The number of hydrogen-bond donors (Lipinski definition) is 2. The molecule has 1 aromatic rings. The molecule has 0 amide bonds. The molecule has 118 valence electrons. The van der Waals surface area contributed by atoms with Crippen LogP contribution in [0.15, 0.2) is 23.1 Å². The Balaban J connectivity index is 3.33. The van der Waals surface area contributed by atoms with Crippen molar-refractivity contribution in [2.75, 3.05) is 6.26 Å². The van der Waals surface area contributed by atoms with E-state index >= 15 is 0 Å². The molecule has 0 bridgehead atoms. The SMILES string of the molecule is C[C@H](NS(=O)(=O)c1cc(Cl)ccc1CS(C)(=O)=O)C(=O)O. The van der Waals surface area contributed by atoms with Gasteiger partial charge in [0.25, 0.3) is 0 Å². The molecule has 7 nitrogen and oxygen atoms in total. The molecular weight excluding hydrogens is 342 g/mol. The van der Waals surface area contributed by atoms with Crippen LogP contribution in [0, 0.1) is 0 Å². The van der Waals surface area contributed by atoms with E-state index in [0.717, 1.165) is 19.2 Å². The summed E-state index contributed by atoms with van der Waals surface area (Å²) in [7, 11) is -7.68. The van der Waals surface area contributed by atoms with Crippen molar-refractivity contribution in [3.05, 3.63) is 28.8 Å². The molecule has 0 aliphatic heterocycles. The highest BCUT2D eigenvalue weighted by molar-refractivity contribution is 7.90. The average Bonchev–Trinajstić information content (AvgIpc) is 2.28. The lowest BCUT2D eigenvalue weighted by Gasteiger charge is -2.13. The number of carbonyl (C=O) groups is 1. The van der Waals surface area contributed by atoms with Gasteiger partial charge in [0.05, 0.1) is 10.6 Å². The van der Waals surface area contributed by atoms with Crippen molar-refractivity contribution in [3.8, 4) is 0 Å². The molecule has 0 saturated carbocycles. The maximum absolute atomic E-state index is 12.2. The van der Waals surface area contributed by atoms with Gasteiger partial charge in [-0.1, -0.05) is 17.7 Å². The number of benzene rings is 1. The highest BCUT2D eigenvalue weighted by Crippen LogP contribution is 2.22. The van der Waals surface area contributed by atoms with Gasteiger partial charge in [0, 0.05) is 11.3 Å². The average molecular weight is 356 g/mol. The lowest BCUT2D eigenvalue weighted by Crippen LogP contribution is -2.38. The predicted molar refractivity (Wildman–Crippen MR) is 77.4 cm³/mol. The summed E-state index contributed by atoms with van der Waals surface area (Å²) < 4.78 is 49.0. The molecule has 0 fully saturated rings. The summed E-state index contributed by atoms with van der Waals surface area (Å²) in [6, 6.07) is 2.37. The van der Waals surface area contributed by atoms with Crippen molar-refractivity contribution in [1.29, 1.82) is 0 Å². The summed E-state index contributed by atoms with van der Waals surface area (Å²) >= 11 is 5.74. The van der Waals surface area contributed by atoms with Gasteiger partial charge in [-0.3, -0.25) is 4.79 Å². The van der Waals surface area contributed by atoms with Crippen molar-refractivity contribution < 1.29 is 26.7 Å². The first-order valence-electron chi connectivity index (χ1n) is 5.63. The third-order valence-electron chi connectivity index (χ3n) is 2.44. The Morgan fingerprint density at radius 2 is 1.90 bits per heavy atom. The van der Waals surface area contributed by atoms with E-state index < -0.39 is 37.6 Å². The van der Waals surface area contributed by atoms with Gasteiger partial charge in [0.1, 0.15) is 6.04 Å². The van der Waals surface area contributed by atoms with Crippen LogP contribution in [0.5, 0.6) is 0 Å². The van der Waals surface area contributed by atoms with E-state index in [1.54, 1.807) is 0 Å². The summed E-state index contributed by atoms with van der Waals surface area (Å²) in [5.74, 6) is -1.85. The van der Waals surface area contributed by atoms with Gasteiger partial charge in [0.2, 0.25) is 10.0 Å². The third-order valence-corrected chi connectivity index (χ3v) is 5.13. The minimum absolute atomic E-state index is 0.0204. The van der Waals surface area contributed by atoms with Gasteiger partial charge in [-0.15, -0.1) is 0 Å². The second-order valence-electron chi connectivity index (χ2n) is 4.50. The smallest absolute Gasteiger partial charge is 0.321 e. The van der Waals surface area contributed by atoms with E-state index in [4.69, 9.17) is 16.7 Å². The second-order valence-corrected chi connectivity index (χ2v) is 8.76. The van der Waals surface area contributed by atoms with Crippen LogP contribution in [0.3, 0.4) is 0 Å². The molecule has 1 rings (SSSR count). The zero-order valence-electron chi connectivity index (χ0n) is 11.2. The number of carboxylic acids is 1. The van der Waals surface area contributed by atoms with Gasteiger partial charge in [-0.25, -0.2) is 16.8 Å². The normalized spacial score (nSPS) is 13.9. The Bertz CT molecular complexity index is 757. The van der Waals surface area contributed by atoms with Gasteiger partial charge >= 0.3 is 5.97 Å². The summed E-state index contributed by atoms with van der Waals surface area (Å²) in [6.07, 6.45) is 0.964. The standard InChI is InChI=1S/C11H14ClNO6S2/c1-7(11(14)15)13-21(18,19)10-5-9(12)4-3-8(10)6-20(2,16)17/h3-5,7,13H,6H2,1-2H3,(H,14,15)/t7-/m0/s1. The second kappa shape index (κ2) is 6.30. The summed E-state index contributed by atoms with van der Waals surface area (Å²) in [5, 5.41) is 8.85. The summed E-state index contributed by atoms with van der Waals surface area (Å²) in [6.45, 7) is 1.15. The van der Waals surface area contributed by atoms with E-state index in [0.29, 0.717) is 0 Å². The molecule has 0 saturated heterocycles. The number of rotatable bonds is 6. The lowest BCUT2D eigenvalue weighted by atomic mass is 10.2. The number of aliphatic carboxylic acids is 1. The minimum atomic E-state index is -4.21. The summed E-state index contributed by atoms with van der Waals surface area (Å²) in [4.78, 5) is 10.4. The van der Waals surface area contributed by atoms with Crippen LogP contribution in [-0.2, 0) is 30.4 Å². The molecule has 0 heterocycles. The van der Waals surface area contributed by atoms with E-state index in [-0.39, 0.29) is 15.5 Å². The van der Waals surface area contributed by atoms with Crippen LogP contribution < -0.4 is 4.72 Å². The molecule has 2 N–H and O–H groups in total. The van der Waals surface area contributed by atoms with Gasteiger partial charge in [-0.2, -0.15) is 4.72 Å². The first-order chi connectivity index (χ1) is 9.42. The van der Waals surface area contributed by atoms with Gasteiger partial charge < -0.3 is 5.11 Å². The highest BCUT2D eigenvalue weighted by Gasteiger charge is 2.25. The fourth-order valence-corrected chi connectivity index (χ4v) is 4.13. The zero-order valence-corrected chi connectivity index (χ0v) is 13.6. The Labute approximate surface area is 127 Å². The van der Waals surface area contributed by atoms with Crippen LogP contribution in [0.25, 0.3) is 0 Å². The summed E-state index contributed by atoms with van der Waals surface area (Å²) in [5.41, 5.74) is 0.0204. The molecule has 0 aliphatic rings. The highest BCUT2D eigenvalue weighted by atomic mass is 35.5. The Morgan fingerprint density at radius 3 is 2.38 bits per heavy atom. The molecule has 10 heteroatoms. The quantitative estimate of drug-likeness (QED) is 0.773. The van der Waals surface area contributed by atoms with Crippen molar-refractivity contribution in [2.24, 2.45) is 0 Å². The van der Waals surface area contributed by atoms with Crippen LogP contribution >= 0.6 is 11.6 Å². The van der Waals surface area contributed by atoms with Gasteiger partial charge in [0.15, 0.2) is 9.84 Å². The molecule has 1 atom stereocenters. The van der Waals surface area contributed by atoms with E-state index in [2.05, 4.69) is 0 Å². The molecule has 0 unspecified atom stereocenters. The fraction of sp³-hybridized carbons (Fsp3) is 0.364. The molecule has 0 spiro atoms. The number of sulfonamides is 1. The maximum Gasteiger partial charge on any atom is 0.321 e. The van der Waals surface area contributed by atoms with Gasteiger partial charge in [-0.05, 0) is 24.6 Å². The van der Waals surface area contributed by atoms with Crippen LogP contribution in [0.2, 0.25) is 5.02 Å². The Morgan fingerprint density at radius 1 is 1.33 bits per heavy atom. The van der Waals surface area contributed by atoms with Crippen LogP contribution in [-0.4, -0.2) is 40.2 Å². The first-order valence-corrected chi connectivity index (χ1v) is 9.56. The molecule has 0 aliphatic carbocycles. The van der Waals surface area contributed by atoms with E-state index in [1.807, 2.05) is 4.72 Å². The number of hydrogen-bond acceptors (Lipinski definition) is 5. The molecule has 0 radical (unpaired) electrons. The maximum atomic E-state index is 12.2. The molecular formula is C11H14ClNO6S2. The number of carboxylic acid groups (broad SMARTS) is 1. The molecule has 1 aromatic carbocycles. The van der Waals surface area contributed by atoms with E-state index in [9.17, 15) is 21.6 Å². The zero-order chi connectivity index (χ0) is 16.4. The topological polar surface area (TPSA) is 118 Å². The van der Waals surface area contributed by atoms with Crippen molar-refractivity contribution >= 4 is 37.4 Å². The molecule has 0 aromatic heterocycles. The number of nitrogens with one attached hydrogen (secondary N) is 1. The third kappa shape index (κ3) is 5.27. The predicted octanol–water partition coefficient (Wildman–Crippen LogP) is 0.636. The molecule has 21 heavy (non-hydrogen) atoms. The van der Waals surface area contributed by atoms with Crippen molar-refractivity contribution in [3.63, 3.8) is 0 Å². The fourth-order valence-electron chi connectivity index (χ4n) is 1.53. The lowest BCUT2D eigenvalue weighted by molar-refractivity contribution is -0.138. The largest absolute Gasteiger partial charge is 0.480 e. The Kier molecular flexibility index (Phi) is 5.37. The monoisotopic (exact) mass is 355 g/mol. The number of sulfone groups is 1.